The Balaban J connectivity index is 2.38. The first-order valence-electron chi connectivity index (χ1n) is 5.17. The molecule has 1 heterocycles. The van der Waals surface area contributed by atoms with Gasteiger partial charge >= 0.3 is 0 Å². The molecule has 0 aliphatic carbocycles. The van der Waals surface area contributed by atoms with Gasteiger partial charge in [-0.15, -0.1) is 0 Å². The second kappa shape index (κ2) is 6.04. The second-order valence-corrected chi connectivity index (χ2v) is 5.61. The summed E-state index contributed by atoms with van der Waals surface area (Å²) in [7, 11) is -3.16. The highest BCUT2D eigenvalue weighted by Gasteiger charge is 2.06. The lowest BCUT2D eigenvalue weighted by atomic mass is 10.1. The van der Waals surface area contributed by atoms with Gasteiger partial charge in [-0.1, -0.05) is 0 Å². The van der Waals surface area contributed by atoms with Crippen molar-refractivity contribution in [1.82, 2.24) is 15.0 Å². The first-order chi connectivity index (χ1) is 7.88. The Labute approximate surface area is 101 Å². The third-order valence-electron chi connectivity index (χ3n) is 2.17. The molecule has 0 fully saturated rings. The van der Waals surface area contributed by atoms with Crippen LogP contribution in [0.5, 0.6) is 0 Å². The maximum atomic E-state index is 12.9. The van der Waals surface area contributed by atoms with Gasteiger partial charge in [-0.25, -0.2) is 17.5 Å². The van der Waals surface area contributed by atoms with Crippen LogP contribution in [-0.4, -0.2) is 32.7 Å². The molecule has 0 amide bonds. The predicted octanol–water partition coefficient (Wildman–Crippen LogP) is 0.421. The van der Waals surface area contributed by atoms with Crippen LogP contribution in [-0.2, 0) is 10.0 Å². The molecule has 0 saturated heterocycles. The molecular weight excluding hydrogens is 245 g/mol. The number of halogens is 1. The molecule has 1 atom stereocenters. The predicted molar refractivity (Wildman–Crippen MR) is 63.5 cm³/mol. The van der Waals surface area contributed by atoms with Crippen molar-refractivity contribution in [1.29, 1.82) is 0 Å². The Bertz CT molecular complexity index is 464. The fraction of sp³-hybridized carbons (Fsp3) is 0.500. The number of aromatic nitrogens is 1. The molecule has 17 heavy (non-hydrogen) atoms. The summed E-state index contributed by atoms with van der Waals surface area (Å²) in [6.07, 6.45) is 3.82. The number of sulfonamides is 1. The van der Waals surface area contributed by atoms with Crippen molar-refractivity contribution >= 4 is 10.0 Å². The summed E-state index contributed by atoms with van der Waals surface area (Å²) in [5, 5.41) is 3.07. The highest BCUT2D eigenvalue weighted by molar-refractivity contribution is 7.88. The summed E-state index contributed by atoms with van der Waals surface area (Å²) in [5.41, 5.74) is 0.726. The Kier molecular flexibility index (Phi) is 4.98. The number of nitrogens with zero attached hydrogens (tertiary/aromatic N) is 1. The van der Waals surface area contributed by atoms with Crippen molar-refractivity contribution in [3.63, 3.8) is 0 Å². The van der Waals surface area contributed by atoms with Crippen molar-refractivity contribution in [2.45, 2.75) is 13.0 Å². The van der Waals surface area contributed by atoms with Crippen LogP contribution < -0.4 is 10.0 Å². The molecule has 0 radical (unpaired) electrons. The zero-order chi connectivity index (χ0) is 12.9. The summed E-state index contributed by atoms with van der Waals surface area (Å²) >= 11 is 0. The highest BCUT2D eigenvalue weighted by Crippen LogP contribution is 2.11. The number of hydrogen-bond acceptors (Lipinski definition) is 4. The van der Waals surface area contributed by atoms with E-state index in [2.05, 4.69) is 15.0 Å². The summed E-state index contributed by atoms with van der Waals surface area (Å²) < 4.78 is 36.8. The highest BCUT2D eigenvalue weighted by atomic mass is 32.2. The maximum Gasteiger partial charge on any atom is 0.208 e. The summed E-state index contributed by atoms with van der Waals surface area (Å²) in [5.74, 6) is -0.384. The van der Waals surface area contributed by atoms with Crippen LogP contribution in [0.1, 0.15) is 18.5 Å². The van der Waals surface area contributed by atoms with Crippen LogP contribution in [0.4, 0.5) is 4.39 Å². The van der Waals surface area contributed by atoms with E-state index in [0.717, 1.165) is 18.0 Å². The van der Waals surface area contributed by atoms with E-state index in [4.69, 9.17) is 0 Å². The average molecular weight is 261 g/mol. The Hall–Kier alpha value is -1.05. The molecule has 0 saturated carbocycles. The van der Waals surface area contributed by atoms with E-state index in [1.165, 1.54) is 6.07 Å². The first kappa shape index (κ1) is 14.0. The second-order valence-electron chi connectivity index (χ2n) is 3.78. The van der Waals surface area contributed by atoms with Gasteiger partial charge in [0.25, 0.3) is 0 Å². The van der Waals surface area contributed by atoms with Crippen LogP contribution in [0.25, 0.3) is 0 Å². The van der Waals surface area contributed by atoms with E-state index in [9.17, 15) is 12.8 Å². The molecule has 0 spiro atoms. The monoisotopic (exact) mass is 261 g/mol. The molecule has 5 nitrogen and oxygen atoms in total. The molecule has 7 heteroatoms. The summed E-state index contributed by atoms with van der Waals surface area (Å²) in [6, 6.07) is 1.31. The zero-order valence-corrected chi connectivity index (χ0v) is 10.6. The molecule has 96 valence electrons. The van der Waals surface area contributed by atoms with E-state index in [1.54, 1.807) is 6.20 Å². The van der Waals surface area contributed by atoms with Crippen LogP contribution in [0.3, 0.4) is 0 Å². The van der Waals surface area contributed by atoms with Crippen molar-refractivity contribution in [2.24, 2.45) is 0 Å². The largest absolute Gasteiger partial charge is 0.309 e. The van der Waals surface area contributed by atoms with E-state index in [-0.39, 0.29) is 11.9 Å². The van der Waals surface area contributed by atoms with Gasteiger partial charge in [0.05, 0.1) is 12.5 Å². The molecule has 0 aliphatic heterocycles. The van der Waals surface area contributed by atoms with Gasteiger partial charge in [0.15, 0.2) is 0 Å². The molecule has 1 aromatic heterocycles. The van der Waals surface area contributed by atoms with Crippen LogP contribution in [0, 0.1) is 5.82 Å². The molecular formula is C10H16FN3O2S. The van der Waals surface area contributed by atoms with Gasteiger partial charge in [0.1, 0.15) is 5.82 Å². The van der Waals surface area contributed by atoms with Crippen LogP contribution >= 0.6 is 0 Å². The quantitative estimate of drug-likeness (QED) is 0.728. The topological polar surface area (TPSA) is 71.1 Å². The van der Waals surface area contributed by atoms with Gasteiger partial charge in [-0.05, 0) is 18.6 Å². The lowest BCUT2D eigenvalue weighted by Crippen LogP contribution is -2.32. The normalized spacial score (nSPS) is 13.6. The van der Waals surface area contributed by atoms with Crippen LogP contribution in [0.2, 0.25) is 0 Å². The van der Waals surface area contributed by atoms with Gasteiger partial charge in [-0.2, -0.15) is 0 Å². The van der Waals surface area contributed by atoms with Gasteiger partial charge < -0.3 is 5.32 Å². The molecule has 0 aliphatic rings. The van der Waals surface area contributed by atoms with E-state index in [0.29, 0.717) is 13.1 Å². The maximum absolute atomic E-state index is 12.9. The minimum atomic E-state index is -3.16. The number of rotatable bonds is 6. The lowest BCUT2D eigenvalue weighted by molar-refractivity contribution is 0.550. The number of hydrogen-bond donors (Lipinski definition) is 2. The smallest absolute Gasteiger partial charge is 0.208 e. The summed E-state index contributed by atoms with van der Waals surface area (Å²) in [4.78, 5) is 3.75. The number of pyridine rings is 1. The molecule has 1 rings (SSSR count). The van der Waals surface area contributed by atoms with Crippen LogP contribution in [0.15, 0.2) is 18.5 Å². The third kappa shape index (κ3) is 5.71. The molecule has 1 aromatic rings. The average Bonchev–Trinajstić information content (AvgIpc) is 2.23. The SMILES string of the molecule is CC(NCCNS(C)(=O)=O)c1cncc(F)c1. The molecule has 0 aromatic carbocycles. The van der Waals surface area contributed by atoms with Crippen molar-refractivity contribution in [2.75, 3.05) is 19.3 Å². The fourth-order valence-electron chi connectivity index (χ4n) is 1.31. The third-order valence-corrected chi connectivity index (χ3v) is 2.89. The van der Waals surface area contributed by atoms with E-state index in [1.807, 2.05) is 6.92 Å². The van der Waals surface area contributed by atoms with Gasteiger partial charge in [0.2, 0.25) is 10.0 Å². The minimum Gasteiger partial charge on any atom is -0.309 e. The fourth-order valence-corrected chi connectivity index (χ4v) is 1.78. The van der Waals surface area contributed by atoms with Gasteiger partial charge in [-0.3, -0.25) is 4.98 Å². The molecule has 0 bridgehead atoms. The zero-order valence-electron chi connectivity index (χ0n) is 9.77. The Morgan fingerprint density at radius 1 is 1.41 bits per heavy atom. The molecule has 1 unspecified atom stereocenters. The standard InChI is InChI=1S/C10H16FN3O2S/c1-8(9-5-10(11)7-12-6-9)13-3-4-14-17(2,15)16/h5-8,13-14H,3-4H2,1-2H3. The summed E-state index contributed by atoms with van der Waals surface area (Å²) in [6.45, 7) is 2.62. The minimum absolute atomic E-state index is 0.0837. The van der Waals surface area contributed by atoms with Crippen molar-refractivity contribution in [3.8, 4) is 0 Å². The Morgan fingerprint density at radius 2 is 2.12 bits per heavy atom. The van der Waals surface area contributed by atoms with E-state index >= 15 is 0 Å². The first-order valence-corrected chi connectivity index (χ1v) is 7.06. The van der Waals surface area contributed by atoms with Crippen molar-refractivity contribution in [3.05, 3.63) is 29.8 Å². The lowest BCUT2D eigenvalue weighted by Gasteiger charge is -2.13. The Morgan fingerprint density at radius 3 is 2.71 bits per heavy atom. The van der Waals surface area contributed by atoms with E-state index < -0.39 is 10.0 Å². The van der Waals surface area contributed by atoms with Gasteiger partial charge in [0, 0.05) is 25.3 Å². The number of nitrogens with one attached hydrogen (secondary N) is 2. The van der Waals surface area contributed by atoms with Crippen molar-refractivity contribution < 1.29 is 12.8 Å². The molecule has 2 N–H and O–H groups in total.